The van der Waals surface area contributed by atoms with Crippen LogP contribution in [0.5, 0.6) is 0 Å². The maximum absolute atomic E-state index is 4.45. The second kappa shape index (κ2) is 3.62. The largest absolute Gasteiger partial charge is 0.244 e. The predicted molar refractivity (Wildman–Crippen MR) is 55.7 cm³/mol. The van der Waals surface area contributed by atoms with Crippen molar-refractivity contribution in [2.24, 2.45) is 0 Å². The molecule has 0 aliphatic carbocycles. The van der Waals surface area contributed by atoms with E-state index in [-0.39, 0.29) is 0 Å². The first-order valence-corrected chi connectivity index (χ1v) is 4.45. The lowest BCUT2D eigenvalue weighted by atomic mass is 10.0. The minimum Gasteiger partial charge on any atom is -0.244 e. The van der Waals surface area contributed by atoms with Gasteiger partial charge in [0.25, 0.3) is 0 Å². The van der Waals surface area contributed by atoms with E-state index in [2.05, 4.69) is 37.6 Å². The molecule has 0 aliphatic rings. The fourth-order valence-corrected chi connectivity index (χ4v) is 1.31. The van der Waals surface area contributed by atoms with Gasteiger partial charge in [0.15, 0.2) is 0 Å². The fraction of sp³-hybridized carbons (Fsp3) is 0.417. The molecular formula is C12H15N. The number of aromatic nitrogens is 1. The van der Waals surface area contributed by atoms with Gasteiger partial charge in [-0.2, -0.15) is 0 Å². The number of hydrogen-bond donors (Lipinski definition) is 0. The second-order valence-corrected chi connectivity index (χ2v) is 3.30. The third kappa shape index (κ3) is 1.72. The Morgan fingerprint density at radius 3 is 2.08 bits per heavy atom. The van der Waals surface area contributed by atoms with Crippen molar-refractivity contribution in [1.82, 2.24) is 4.98 Å². The van der Waals surface area contributed by atoms with Crippen LogP contribution in [-0.2, 0) is 0 Å². The number of aryl methyl sites for hydroxylation is 1. The Morgan fingerprint density at radius 2 is 1.54 bits per heavy atom. The van der Waals surface area contributed by atoms with Crippen molar-refractivity contribution in [2.75, 3.05) is 0 Å². The zero-order chi connectivity index (χ0) is 10.0. The van der Waals surface area contributed by atoms with Crippen LogP contribution in [0.15, 0.2) is 0 Å². The smallest absolute Gasteiger partial charge is 0.116 e. The lowest BCUT2D eigenvalue weighted by molar-refractivity contribution is 1.07. The van der Waals surface area contributed by atoms with Gasteiger partial charge in [0, 0.05) is 5.69 Å². The normalized spacial score (nSPS) is 9.31. The molecule has 1 nitrogen and oxygen atoms in total. The van der Waals surface area contributed by atoms with Gasteiger partial charge in [-0.1, -0.05) is 5.92 Å². The Balaban J connectivity index is 3.46. The molecule has 0 amide bonds. The lowest BCUT2D eigenvalue weighted by Crippen LogP contribution is -1.99. The highest BCUT2D eigenvalue weighted by molar-refractivity contribution is 5.44. The van der Waals surface area contributed by atoms with Crippen molar-refractivity contribution in [1.29, 1.82) is 0 Å². The van der Waals surface area contributed by atoms with Crippen LogP contribution in [0.4, 0.5) is 0 Å². The highest BCUT2D eigenvalue weighted by Crippen LogP contribution is 2.17. The molecule has 0 aliphatic heterocycles. The van der Waals surface area contributed by atoms with Crippen molar-refractivity contribution in [3.63, 3.8) is 0 Å². The molecule has 0 spiro atoms. The van der Waals surface area contributed by atoms with E-state index in [1.807, 2.05) is 13.8 Å². The first-order chi connectivity index (χ1) is 6.07. The van der Waals surface area contributed by atoms with Crippen molar-refractivity contribution in [2.45, 2.75) is 34.6 Å². The summed E-state index contributed by atoms with van der Waals surface area (Å²) in [6.07, 6.45) is 0. The van der Waals surface area contributed by atoms with E-state index in [0.717, 1.165) is 11.4 Å². The summed E-state index contributed by atoms with van der Waals surface area (Å²) in [7, 11) is 0. The van der Waals surface area contributed by atoms with Crippen LogP contribution in [0.3, 0.4) is 0 Å². The van der Waals surface area contributed by atoms with E-state index in [4.69, 9.17) is 0 Å². The Morgan fingerprint density at radius 1 is 0.923 bits per heavy atom. The van der Waals surface area contributed by atoms with Crippen molar-refractivity contribution in [3.8, 4) is 11.8 Å². The van der Waals surface area contributed by atoms with Crippen LogP contribution in [0.1, 0.15) is 35.0 Å². The van der Waals surface area contributed by atoms with Crippen LogP contribution >= 0.6 is 0 Å². The molecule has 0 radical (unpaired) electrons. The highest BCUT2D eigenvalue weighted by atomic mass is 14.7. The third-order valence-corrected chi connectivity index (χ3v) is 2.55. The Bertz CT molecular complexity index is 392. The average Bonchev–Trinajstić information content (AvgIpc) is 2.11. The molecular weight excluding hydrogens is 158 g/mol. The minimum absolute atomic E-state index is 0.920. The van der Waals surface area contributed by atoms with E-state index in [0.29, 0.717) is 0 Å². The van der Waals surface area contributed by atoms with Crippen LogP contribution < -0.4 is 0 Å². The molecule has 0 unspecified atom stereocenters. The van der Waals surface area contributed by atoms with Gasteiger partial charge in [0.2, 0.25) is 0 Å². The van der Waals surface area contributed by atoms with Crippen LogP contribution in [0.2, 0.25) is 0 Å². The minimum atomic E-state index is 0.920. The quantitative estimate of drug-likeness (QED) is 0.550. The van der Waals surface area contributed by atoms with E-state index in [9.17, 15) is 0 Å². The van der Waals surface area contributed by atoms with Crippen LogP contribution in [-0.4, -0.2) is 4.98 Å². The Kier molecular flexibility index (Phi) is 2.72. The van der Waals surface area contributed by atoms with Crippen LogP contribution in [0.25, 0.3) is 0 Å². The van der Waals surface area contributed by atoms with E-state index in [1.54, 1.807) is 0 Å². The van der Waals surface area contributed by atoms with Crippen molar-refractivity contribution >= 4 is 0 Å². The average molecular weight is 173 g/mol. The van der Waals surface area contributed by atoms with E-state index in [1.165, 1.54) is 16.7 Å². The summed E-state index contributed by atoms with van der Waals surface area (Å²) < 4.78 is 0. The summed E-state index contributed by atoms with van der Waals surface area (Å²) in [4.78, 5) is 4.45. The summed E-state index contributed by atoms with van der Waals surface area (Å²) in [5.74, 6) is 5.91. The molecule has 68 valence electrons. The van der Waals surface area contributed by atoms with Gasteiger partial charge in [0.1, 0.15) is 5.69 Å². The summed E-state index contributed by atoms with van der Waals surface area (Å²) in [5, 5.41) is 0. The zero-order valence-corrected chi connectivity index (χ0v) is 8.95. The summed E-state index contributed by atoms with van der Waals surface area (Å²) in [6.45, 7) is 10.2. The molecule has 13 heavy (non-hydrogen) atoms. The molecule has 0 N–H and O–H groups in total. The van der Waals surface area contributed by atoms with Gasteiger partial charge in [-0.25, -0.2) is 4.98 Å². The van der Waals surface area contributed by atoms with E-state index >= 15 is 0 Å². The van der Waals surface area contributed by atoms with Gasteiger partial charge in [0.05, 0.1) is 0 Å². The second-order valence-electron chi connectivity index (χ2n) is 3.30. The van der Waals surface area contributed by atoms with Gasteiger partial charge < -0.3 is 0 Å². The molecule has 1 aromatic rings. The molecule has 1 heterocycles. The molecule has 0 saturated heterocycles. The first-order valence-electron chi connectivity index (χ1n) is 4.45. The molecule has 0 bridgehead atoms. The third-order valence-electron chi connectivity index (χ3n) is 2.55. The summed E-state index contributed by atoms with van der Waals surface area (Å²) in [6, 6.07) is 0. The number of nitrogens with zero attached hydrogens (tertiary/aromatic N) is 1. The molecule has 0 atom stereocenters. The summed E-state index contributed by atoms with van der Waals surface area (Å²) in [5.41, 5.74) is 5.80. The summed E-state index contributed by atoms with van der Waals surface area (Å²) >= 11 is 0. The van der Waals surface area contributed by atoms with E-state index < -0.39 is 0 Å². The lowest BCUT2D eigenvalue weighted by Gasteiger charge is -2.08. The number of rotatable bonds is 0. The molecule has 1 aromatic heterocycles. The van der Waals surface area contributed by atoms with Crippen molar-refractivity contribution in [3.05, 3.63) is 28.1 Å². The topological polar surface area (TPSA) is 12.9 Å². The first kappa shape index (κ1) is 9.80. The monoisotopic (exact) mass is 173 g/mol. The Hall–Kier alpha value is -1.29. The Labute approximate surface area is 80.2 Å². The molecule has 0 saturated carbocycles. The van der Waals surface area contributed by atoms with Crippen molar-refractivity contribution < 1.29 is 0 Å². The predicted octanol–water partition coefficient (Wildman–Crippen LogP) is 2.69. The SMILES string of the molecule is CC#Cc1nc(C)c(C)c(C)c1C. The molecule has 0 fully saturated rings. The maximum atomic E-state index is 4.45. The molecule has 0 aromatic carbocycles. The standard InChI is InChI=1S/C12H15N/c1-6-7-12-10(4)8(2)9(3)11(5)13-12/h1-5H3. The van der Waals surface area contributed by atoms with Gasteiger partial charge >= 0.3 is 0 Å². The molecule has 1 rings (SSSR count). The zero-order valence-electron chi connectivity index (χ0n) is 8.95. The van der Waals surface area contributed by atoms with Gasteiger partial charge in [-0.05, 0) is 57.2 Å². The molecule has 1 heteroatoms. The van der Waals surface area contributed by atoms with Gasteiger partial charge in [-0.3, -0.25) is 0 Å². The van der Waals surface area contributed by atoms with Gasteiger partial charge in [-0.15, -0.1) is 0 Å². The maximum Gasteiger partial charge on any atom is 0.116 e. The van der Waals surface area contributed by atoms with Crippen LogP contribution in [0, 0.1) is 39.5 Å². The number of hydrogen-bond acceptors (Lipinski definition) is 1. The number of pyridine rings is 1. The highest BCUT2D eigenvalue weighted by Gasteiger charge is 2.05. The fourth-order valence-electron chi connectivity index (χ4n) is 1.31.